The van der Waals surface area contributed by atoms with Crippen LogP contribution in [0.4, 0.5) is 0 Å². The van der Waals surface area contributed by atoms with Crippen molar-refractivity contribution in [3.8, 4) is 0 Å². The number of carboxylic acid groups (broad SMARTS) is 1. The number of imidazole rings is 1. The molecule has 3 fully saturated rings. The van der Waals surface area contributed by atoms with Crippen LogP contribution in [-0.2, 0) is 20.8 Å². The summed E-state index contributed by atoms with van der Waals surface area (Å²) in [5.74, 6) is 0.223. The van der Waals surface area contributed by atoms with Crippen LogP contribution in [0.1, 0.15) is 50.4 Å². The monoisotopic (exact) mass is 349 g/mol. The lowest BCUT2D eigenvalue weighted by molar-refractivity contribution is -0.148. The van der Waals surface area contributed by atoms with Crippen LogP contribution in [0.15, 0.2) is 12.4 Å². The molecule has 1 aromatic heterocycles. The van der Waals surface area contributed by atoms with Gasteiger partial charge in [-0.3, -0.25) is 4.90 Å². The van der Waals surface area contributed by atoms with E-state index in [1.165, 1.54) is 12.8 Å². The van der Waals surface area contributed by atoms with E-state index in [9.17, 15) is 4.79 Å². The normalized spacial score (nSPS) is 32.7. The molecule has 0 amide bonds. The third-order valence-electron chi connectivity index (χ3n) is 6.13. The molecule has 138 valence electrons. The molecule has 0 spiro atoms. The molecular weight excluding hydrogens is 322 g/mol. The third-order valence-corrected chi connectivity index (χ3v) is 6.13. The van der Waals surface area contributed by atoms with E-state index in [-0.39, 0.29) is 24.4 Å². The molecule has 2 saturated carbocycles. The minimum atomic E-state index is -0.904. The number of methoxy groups -OCH3 is 1. The lowest BCUT2D eigenvalue weighted by Gasteiger charge is -2.43. The van der Waals surface area contributed by atoms with Crippen molar-refractivity contribution in [1.29, 1.82) is 0 Å². The van der Waals surface area contributed by atoms with E-state index in [1.807, 2.05) is 6.20 Å². The number of hydrogen-bond donors (Lipinski definition) is 1. The number of ether oxygens (including phenoxy) is 2. The summed E-state index contributed by atoms with van der Waals surface area (Å²) in [4.78, 5) is 17.8. The second kappa shape index (κ2) is 6.70. The Kier molecular flexibility index (Phi) is 4.56. The van der Waals surface area contributed by atoms with E-state index in [1.54, 1.807) is 7.11 Å². The van der Waals surface area contributed by atoms with Crippen LogP contribution < -0.4 is 0 Å². The van der Waals surface area contributed by atoms with Gasteiger partial charge in [0.15, 0.2) is 0 Å². The molecule has 7 nitrogen and oxygen atoms in total. The Balaban J connectivity index is 1.46. The number of likely N-dealkylation sites (tertiary alicyclic amines) is 1. The number of carbonyl (C=O) groups is 1. The number of rotatable bonds is 7. The molecule has 2 aliphatic carbocycles. The van der Waals surface area contributed by atoms with E-state index < -0.39 is 5.97 Å². The molecule has 1 saturated heterocycles. The van der Waals surface area contributed by atoms with Gasteiger partial charge in [-0.15, -0.1) is 0 Å². The number of aliphatic carboxylic acids is 1. The largest absolute Gasteiger partial charge is 0.480 e. The fourth-order valence-corrected chi connectivity index (χ4v) is 4.62. The first-order chi connectivity index (χ1) is 12.1. The minimum Gasteiger partial charge on any atom is -0.480 e. The summed E-state index contributed by atoms with van der Waals surface area (Å²) >= 11 is 0. The molecule has 1 N–H and O–H groups in total. The Hall–Kier alpha value is -1.44. The minimum absolute atomic E-state index is 0.00634. The maximum absolute atomic E-state index is 10.8. The van der Waals surface area contributed by atoms with Gasteiger partial charge in [0.25, 0.3) is 0 Å². The van der Waals surface area contributed by atoms with E-state index in [0.29, 0.717) is 6.04 Å². The van der Waals surface area contributed by atoms with Gasteiger partial charge in [0.2, 0.25) is 0 Å². The number of aromatic nitrogens is 2. The highest BCUT2D eigenvalue weighted by Crippen LogP contribution is 2.44. The summed E-state index contributed by atoms with van der Waals surface area (Å²) in [6, 6.07) is 0.889. The summed E-state index contributed by atoms with van der Waals surface area (Å²) in [5.41, 5.74) is -0.125. The van der Waals surface area contributed by atoms with E-state index >= 15 is 0 Å². The van der Waals surface area contributed by atoms with Crippen molar-refractivity contribution in [3.63, 3.8) is 0 Å². The van der Waals surface area contributed by atoms with Crippen molar-refractivity contribution in [2.45, 2.75) is 68.9 Å². The number of carboxylic acids is 1. The Labute approximate surface area is 147 Å². The zero-order valence-corrected chi connectivity index (χ0v) is 14.8. The van der Waals surface area contributed by atoms with E-state index in [2.05, 4.69) is 20.6 Å². The Morgan fingerprint density at radius 2 is 2.24 bits per heavy atom. The van der Waals surface area contributed by atoms with Gasteiger partial charge in [-0.1, -0.05) is 0 Å². The molecule has 25 heavy (non-hydrogen) atoms. The van der Waals surface area contributed by atoms with Gasteiger partial charge >= 0.3 is 5.97 Å². The quantitative estimate of drug-likeness (QED) is 0.809. The highest BCUT2D eigenvalue weighted by Gasteiger charge is 2.51. The lowest BCUT2D eigenvalue weighted by atomic mass is 9.79. The molecule has 0 aromatic carbocycles. The summed E-state index contributed by atoms with van der Waals surface area (Å²) in [6.07, 6.45) is 10.1. The van der Waals surface area contributed by atoms with Gasteiger partial charge in [0.05, 0.1) is 18.2 Å². The van der Waals surface area contributed by atoms with Crippen molar-refractivity contribution in [2.24, 2.45) is 0 Å². The van der Waals surface area contributed by atoms with Crippen LogP contribution in [0, 0.1) is 0 Å². The Morgan fingerprint density at radius 3 is 2.96 bits per heavy atom. The average molecular weight is 349 g/mol. The lowest BCUT2D eigenvalue weighted by Crippen LogP contribution is -2.51. The fourth-order valence-electron chi connectivity index (χ4n) is 4.62. The van der Waals surface area contributed by atoms with Gasteiger partial charge in [-0.2, -0.15) is 0 Å². The second-order valence-corrected chi connectivity index (χ2v) is 7.59. The van der Waals surface area contributed by atoms with Crippen LogP contribution in [0.3, 0.4) is 0 Å². The SMILES string of the molecule is CO[C@]12CC[C@H](OCC(=O)O)C[C@H]1N(Cc1nccn1C1CC1)CC2. The first-order valence-electron chi connectivity index (χ1n) is 9.25. The van der Waals surface area contributed by atoms with Crippen LogP contribution in [-0.4, -0.2) is 63.5 Å². The van der Waals surface area contributed by atoms with Crippen LogP contribution in [0.2, 0.25) is 0 Å². The van der Waals surface area contributed by atoms with Gasteiger partial charge < -0.3 is 19.1 Å². The maximum Gasteiger partial charge on any atom is 0.329 e. The predicted molar refractivity (Wildman–Crippen MR) is 90.3 cm³/mol. The summed E-state index contributed by atoms with van der Waals surface area (Å²) in [7, 11) is 1.81. The Morgan fingerprint density at radius 1 is 1.40 bits per heavy atom. The maximum atomic E-state index is 10.8. The average Bonchev–Trinajstić information content (AvgIpc) is 3.25. The van der Waals surface area contributed by atoms with Crippen LogP contribution in [0.5, 0.6) is 0 Å². The third kappa shape index (κ3) is 3.32. The van der Waals surface area contributed by atoms with Gasteiger partial charge in [0, 0.05) is 38.1 Å². The second-order valence-electron chi connectivity index (χ2n) is 7.59. The van der Waals surface area contributed by atoms with Gasteiger partial charge in [0.1, 0.15) is 12.4 Å². The molecule has 0 unspecified atom stereocenters. The molecule has 1 aliphatic heterocycles. The summed E-state index contributed by atoms with van der Waals surface area (Å²) in [6.45, 7) is 1.59. The Bertz CT molecular complexity index is 630. The zero-order chi connectivity index (χ0) is 17.4. The molecule has 7 heteroatoms. The zero-order valence-electron chi connectivity index (χ0n) is 14.8. The topological polar surface area (TPSA) is 76.8 Å². The number of fused-ring (bicyclic) bond motifs is 1. The summed E-state index contributed by atoms with van der Waals surface area (Å²) in [5, 5.41) is 8.87. The van der Waals surface area contributed by atoms with Crippen molar-refractivity contribution < 1.29 is 19.4 Å². The number of hydrogen-bond acceptors (Lipinski definition) is 5. The van der Waals surface area contributed by atoms with Gasteiger partial charge in [-0.25, -0.2) is 9.78 Å². The van der Waals surface area contributed by atoms with Crippen molar-refractivity contribution >= 4 is 5.97 Å². The molecule has 0 bridgehead atoms. The molecule has 2 heterocycles. The highest BCUT2D eigenvalue weighted by molar-refractivity contribution is 5.68. The smallest absolute Gasteiger partial charge is 0.329 e. The standard InChI is InChI=1S/C18H27N3O4/c1-24-18-5-4-14(25-12-17(22)23)10-15(18)20(8-6-18)11-16-19-7-9-21(16)13-2-3-13/h7,9,13-15H,2-6,8,10-12H2,1H3,(H,22,23)/t14-,15+,18-/m0/s1. The molecule has 4 rings (SSSR count). The van der Waals surface area contributed by atoms with Gasteiger partial charge in [-0.05, 0) is 38.5 Å². The van der Waals surface area contributed by atoms with Crippen molar-refractivity contribution in [2.75, 3.05) is 20.3 Å². The van der Waals surface area contributed by atoms with E-state index in [0.717, 1.165) is 44.6 Å². The predicted octanol–water partition coefficient (Wildman–Crippen LogP) is 1.83. The molecular formula is C18H27N3O4. The first-order valence-corrected chi connectivity index (χ1v) is 9.25. The highest BCUT2D eigenvalue weighted by atomic mass is 16.5. The van der Waals surface area contributed by atoms with Crippen molar-refractivity contribution in [1.82, 2.24) is 14.5 Å². The molecule has 1 aromatic rings. The number of nitrogens with zero attached hydrogens (tertiary/aromatic N) is 3. The summed E-state index contributed by atoms with van der Waals surface area (Å²) < 4.78 is 13.9. The fraction of sp³-hybridized carbons (Fsp3) is 0.778. The molecule has 3 atom stereocenters. The molecule has 0 radical (unpaired) electrons. The molecule has 3 aliphatic rings. The van der Waals surface area contributed by atoms with E-state index in [4.69, 9.17) is 14.6 Å². The van der Waals surface area contributed by atoms with Crippen LogP contribution in [0.25, 0.3) is 0 Å². The van der Waals surface area contributed by atoms with Crippen LogP contribution >= 0.6 is 0 Å². The van der Waals surface area contributed by atoms with Crippen molar-refractivity contribution in [3.05, 3.63) is 18.2 Å². The first kappa shape index (κ1) is 17.0.